The molecule has 7 nitrogen and oxygen atoms in total. The lowest BCUT2D eigenvalue weighted by molar-refractivity contribution is 0.0998. The van der Waals surface area contributed by atoms with Crippen molar-refractivity contribution in [3.05, 3.63) is 47.9 Å². The lowest BCUT2D eigenvalue weighted by Gasteiger charge is -2.14. The summed E-state index contributed by atoms with van der Waals surface area (Å²) in [6, 6.07) is 7.64. The van der Waals surface area contributed by atoms with Gasteiger partial charge in [-0.1, -0.05) is 11.9 Å². The molecule has 1 aliphatic heterocycles. The van der Waals surface area contributed by atoms with Crippen LogP contribution in [0.2, 0.25) is 0 Å². The van der Waals surface area contributed by atoms with Crippen LogP contribution in [0.25, 0.3) is 10.9 Å². The lowest BCUT2D eigenvalue weighted by atomic mass is 10.1. The molecule has 30 heavy (non-hydrogen) atoms. The minimum atomic E-state index is -0.660. The maximum atomic E-state index is 14.6. The lowest BCUT2D eigenvalue weighted by Crippen LogP contribution is -2.15. The summed E-state index contributed by atoms with van der Waals surface area (Å²) in [6.45, 7) is 2.59. The Morgan fingerprint density at radius 1 is 1.30 bits per heavy atom. The van der Waals surface area contributed by atoms with E-state index in [1.165, 1.54) is 24.3 Å². The second-order valence-corrected chi connectivity index (χ2v) is 8.23. The number of primary amides is 1. The maximum Gasteiger partial charge on any atom is 0.252 e. The number of carbonyl (C=O) groups excluding carboxylic acids is 1. The fraction of sp³-hybridized carbons (Fsp3) is 0.333. The van der Waals surface area contributed by atoms with Gasteiger partial charge in [0.05, 0.1) is 23.9 Å². The van der Waals surface area contributed by atoms with Crippen LogP contribution in [0.3, 0.4) is 0 Å². The molecule has 1 amide bonds. The molecule has 0 unspecified atom stereocenters. The fourth-order valence-corrected chi connectivity index (χ4v) is 4.37. The minimum absolute atomic E-state index is 0.0140. The number of halogens is 1. The highest BCUT2D eigenvalue weighted by atomic mass is 32.2. The van der Waals surface area contributed by atoms with Gasteiger partial charge in [-0.25, -0.2) is 4.39 Å². The van der Waals surface area contributed by atoms with E-state index in [1.54, 1.807) is 36.1 Å². The van der Waals surface area contributed by atoms with E-state index in [1.807, 2.05) is 11.9 Å². The number of hydrogen-bond donors (Lipinski definition) is 1. The molecule has 2 aromatic carbocycles. The van der Waals surface area contributed by atoms with Crippen molar-refractivity contribution in [2.75, 3.05) is 25.4 Å². The number of aromatic nitrogens is 2. The van der Waals surface area contributed by atoms with Crippen molar-refractivity contribution in [1.29, 1.82) is 0 Å². The smallest absolute Gasteiger partial charge is 0.252 e. The molecule has 2 N–H and O–H groups in total. The molecule has 9 heteroatoms. The van der Waals surface area contributed by atoms with Gasteiger partial charge in [0.2, 0.25) is 0 Å². The van der Waals surface area contributed by atoms with Crippen LogP contribution >= 0.6 is 11.9 Å². The Hall–Kier alpha value is -2.78. The van der Waals surface area contributed by atoms with Gasteiger partial charge in [0.15, 0.2) is 11.6 Å². The first-order valence-corrected chi connectivity index (χ1v) is 10.7. The molecule has 0 radical (unpaired) electrons. The summed E-state index contributed by atoms with van der Waals surface area (Å²) >= 11 is 1.86. The maximum absolute atomic E-state index is 14.6. The Morgan fingerprint density at radius 2 is 2.17 bits per heavy atom. The van der Waals surface area contributed by atoms with Gasteiger partial charge in [0.25, 0.3) is 5.91 Å². The van der Waals surface area contributed by atoms with Gasteiger partial charge < -0.3 is 15.2 Å². The predicted octanol–water partition coefficient (Wildman–Crippen LogP) is 3.73. The monoisotopic (exact) mass is 430 g/mol. The van der Waals surface area contributed by atoms with Gasteiger partial charge in [0, 0.05) is 43.4 Å². The fourth-order valence-electron chi connectivity index (χ4n) is 3.34. The number of hydrogen-bond acceptors (Lipinski definition) is 6. The van der Waals surface area contributed by atoms with Crippen molar-refractivity contribution in [1.82, 2.24) is 14.1 Å². The zero-order valence-electron chi connectivity index (χ0n) is 16.6. The number of fused-ring (bicyclic) bond motifs is 1. The van der Waals surface area contributed by atoms with Crippen LogP contribution in [0.5, 0.6) is 17.2 Å². The van der Waals surface area contributed by atoms with Gasteiger partial charge in [-0.15, -0.1) is 0 Å². The van der Waals surface area contributed by atoms with Crippen molar-refractivity contribution in [2.24, 2.45) is 12.8 Å². The summed E-state index contributed by atoms with van der Waals surface area (Å²) in [5.74, 6) is 0.536. The van der Waals surface area contributed by atoms with E-state index >= 15 is 0 Å². The molecule has 0 aliphatic carbocycles. The van der Waals surface area contributed by atoms with E-state index in [-0.39, 0.29) is 17.1 Å². The molecular formula is C21H23FN4O3S. The van der Waals surface area contributed by atoms with Gasteiger partial charge >= 0.3 is 0 Å². The molecule has 4 rings (SSSR count). The number of carbonyl (C=O) groups is 1. The molecule has 0 saturated carbocycles. The Bertz CT molecular complexity index is 1070. The van der Waals surface area contributed by atoms with Gasteiger partial charge in [-0.3, -0.25) is 13.8 Å². The highest BCUT2D eigenvalue weighted by Gasteiger charge is 2.16. The summed E-state index contributed by atoms with van der Waals surface area (Å²) in [7, 11) is 1.77. The highest BCUT2D eigenvalue weighted by Crippen LogP contribution is 2.32. The molecule has 3 aromatic rings. The third-order valence-electron chi connectivity index (χ3n) is 4.88. The van der Waals surface area contributed by atoms with Gasteiger partial charge in [-0.05, 0) is 31.0 Å². The number of nitrogens with two attached hydrogens (primary N) is 1. The molecule has 1 saturated heterocycles. The number of benzene rings is 2. The van der Waals surface area contributed by atoms with Gasteiger partial charge in [-0.2, -0.15) is 5.10 Å². The van der Waals surface area contributed by atoms with E-state index in [4.69, 9.17) is 15.2 Å². The topological polar surface area (TPSA) is 82.6 Å². The molecule has 1 fully saturated rings. The van der Waals surface area contributed by atoms with Crippen molar-refractivity contribution in [3.8, 4) is 17.2 Å². The van der Waals surface area contributed by atoms with E-state index in [2.05, 4.69) is 9.40 Å². The predicted molar refractivity (Wildman–Crippen MR) is 114 cm³/mol. The molecule has 2 heterocycles. The highest BCUT2D eigenvalue weighted by molar-refractivity contribution is 7.97. The minimum Gasteiger partial charge on any atom is -0.493 e. The number of aryl methyl sites for hydroxylation is 1. The molecule has 1 aliphatic rings. The second kappa shape index (κ2) is 8.93. The van der Waals surface area contributed by atoms with Crippen LogP contribution in [0, 0.1) is 5.82 Å². The standard InChI is InChI=1S/C21H23FN4O3S/c1-25-18-12-20(16(21(23)27)10-14(18)13-24-25)29-19-5-4-15(11-17(19)22)28-8-2-6-26-7-3-9-30-26/h4-5,10-13H,2-3,6-9H2,1H3,(H2,23,27). The summed E-state index contributed by atoms with van der Waals surface area (Å²) in [4.78, 5) is 11.8. The third kappa shape index (κ3) is 4.52. The van der Waals surface area contributed by atoms with Crippen LogP contribution < -0.4 is 15.2 Å². The van der Waals surface area contributed by atoms with Crippen molar-refractivity contribution < 1.29 is 18.7 Å². The van der Waals surface area contributed by atoms with Crippen LogP contribution in [0.1, 0.15) is 23.2 Å². The summed E-state index contributed by atoms with van der Waals surface area (Å²) in [5.41, 5.74) is 6.38. The zero-order chi connectivity index (χ0) is 21.1. The van der Waals surface area contributed by atoms with Crippen LogP contribution in [-0.2, 0) is 7.05 Å². The summed E-state index contributed by atoms with van der Waals surface area (Å²) in [6.07, 6.45) is 3.73. The van der Waals surface area contributed by atoms with Gasteiger partial charge in [0.1, 0.15) is 11.5 Å². The zero-order valence-corrected chi connectivity index (χ0v) is 17.5. The van der Waals surface area contributed by atoms with Crippen LogP contribution in [0.4, 0.5) is 4.39 Å². The van der Waals surface area contributed by atoms with Crippen LogP contribution in [-0.4, -0.2) is 45.4 Å². The third-order valence-corrected chi connectivity index (χ3v) is 6.08. The quantitative estimate of drug-likeness (QED) is 0.433. The molecule has 0 atom stereocenters. The SMILES string of the molecule is Cn1ncc2cc(C(N)=O)c(Oc3ccc(OCCCN4CCCS4)cc3F)cc21. The van der Waals surface area contributed by atoms with Crippen LogP contribution in [0.15, 0.2) is 36.5 Å². The molecule has 0 bridgehead atoms. The first kappa shape index (κ1) is 20.5. The number of nitrogens with zero attached hydrogens (tertiary/aromatic N) is 3. The van der Waals surface area contributed by atoms with Crippen molar-refractivity contribution in [2.45, 2.75) is 12.8 Å². The number of ether oxygens (including phenoxy) is 2. The van der Waals surface area contributed by atoms with E-state index in [9.17, 15) is 9.18 Å². The normalized spacial score (nSPS) is 14.3. The Balaban J connectivity index is 1.45. The second-order valence-electron chi connectivity index (χ2n) is 7.05. The Morgan fingerprint density at radius 3 is 2.90 bits per heavy atom. The number of rotatable bonds is 8. The first-order valence-electron chi connectivity index (χ1n) is 9.75. The summed E-state index contributed by atoms with van der Waals surface area (Å²) < 4.78 is 29.9. The van der Waals surface area contributed by atoms with Crippen molar-refractivity contribution >= 4 is 28.8 Å². The first-order chi connectivity index (χ1) is 14.5. The van der Waals surface area contributed by atoms with E-state index < -0.39 is 11.7 Å². The van der Waals surface area contributed by atoms with Crippen molar-refractivity contribution in [3.63, 3.8) is 0 Å². The molecule has 0 spiro atoms. The average molecular weight is 431 g/mol. The van der Waals surface area contributed by atoms with E-state index in [0.717, 1.165) is 30.4 Å². The largest absolute Gasteiger partial charge is 0.493 e. The van der Waals surface area contributed by atoms with E-state index in [0.29, 0.717) is 12.4 Å². The Labute approximate surface area is 178 Å². The average Bonchev–Trinajstić information content (AvgIpc) is 3.37. The Kier molecular flexibility index (Phi) is 6.10. The number of amides is 1. The molecule has 1 aromatic heterocycles. The molecular weight excluding hydrogens is 407 g/mol. The molecule has 158 valence electrons. The summed E-state index contributed by atoms with van der Waals surface area (Å²) in [5, 5.41) is 4.89.